The lowest BCUT2D eigenvalue weighted by Gasteiger charge is -2.24. The molecule has 0 fully saturated rings. The minimum absolute atomic E-state index is 0.0740. The Labute approximate surface area is 152 Å². The Bertz CT molecular complexity index is 716. The van der Waals surface area contributed by atoms with Crippen LogP contribution in [-0.2, 0) is 10.2 Å². The first kappa shape index (κ1) is 19.0. The Morgan fingerprint density at radius 1 is 1.08 bits per heavy atom. The second-order valence-electron chi connectivity index (χ2n) is 7.45. The standard InChI is InChI=1S/C22H30N2O/c1-6-24(18-11-9-10-17(2)16-18)21(25)14-15-23-20-13-8-7-12-19(20)22(3,4)5/h7-13,16,23H,6,14-15H2,1-5H3. The fraction of sp³-hybridized carbons (Fsp3) is 0.409. The quantitative estimate of drug-likeness (QED) is 0.790. The van der Waals surface area contributed by atoms with Crippen LogP contribution in [0.15, 0.2) is 48.5 Å². The van der Waals surface area contributed by atoms with Gasteiger partial charge in [-0.25, -0.2) is 0 Å². The normalized spacial score (nSPS) is 11.2. The molecule has 3 heteroatoms. The number of para-hydroxylation sites is 1. The summed E-state index contributed by atoms with van der Waals surface area (Å²) in [5, 5.41) is 3.45. The first-order valence-electron chi connectivity index (χ1n) is 9.03. The maximum Gasteiger partial charge on any atom is 0.228 e. The second-order valence-corrected chi connectivity index (χ2v) is 7.45. The molecule has 3 nitrogen and oxygen atoms in total. The van der Waals surface area contributed by atoms with Crippen LogP contribution in [-0.4, -0.2) is 19.0 Å². The smallest absolute Gasteiger partial charge is 0.228 e. The third kappa shape index (κ3) is 5.09. The Kier molecular flexibility index (Phi) is 6.24. The van der Waals surface area contributed by atoms with Crippen LogP contribution >= 0.6 is 0 Å². The predicted molar refractivity (Wildman–Crippen MR) is 107 cm³/mol. The number of anilines is 2. The molecule has 2 aromatic carbocycles. The summed E-state index contributed by atoms with van der Waals surface area (Å²) in [7, 11) is 0. The van der Waals surface area contributed by atoms with Gasteiger partial charge in [0.15, 0.2) is 0 Å². The molecule has 1 N–H and O–H groups in total. The highest BCUT2D eigenvalue weighted by molar-refractivity contribution is 5.93. The van der Waals surface area contributed by atoms with E-state index in [-0.39, 0.29) is 11.3 Å². The maximum absolute atomic E-state index is 12.6. The Balaban J connectivity index is 2.01. The predicted octanol–water partition coefficient (Wildman–Crippen LogP) is 5.15. The zero-order chi connectivity index (χ0) is 18.4. The number of benzene rings is 2. The van der Waals surface area contributed by atoms with Gasteiger partial charge in [-0.1, -0.05) is 51.1 Å². The summed E-state index contributed by atoms with van der Waals surface area (Å²) in [6.45, 7) is 12.0. The molecule has 0 radical (unpaired) electrons. The van der Waals surface area contributed by atoms with Crippen LogP contribution in [0.1, 0.15) is 45.2 Å². The van der Waals surface area contributed by atoms with Crippen molar-refractivity contribution >= 4 is 17.3 Å². The third-order valence-electron chi connectivity index (χ3n) is 4.32. The summed E-state index contributed by atoms with van der Waals surface area (Å²) < 4.78 is 0. The van der Waals surface area contributed by atoms with Crippen molar-refractivity contribution in [3.8, 4) is 0 Å². The van der Waals surface area contributed by atoms with Crippen LogP contribution in [0, 0.1) is 6.92 Å². The molecule has 0 aliphatic heterocycles. The van der Waals surface area contributed by atoms with Crippen LogP contribution in [0.25, 0.3) is 0 Å². The topological polar surface area (TPSA) is 32.3 Å². The number of hydrogen-bond acceptors (Lipinski definition) is 2. The molecule has 0 saturated carbocycles. The van der Waals surface area contributed by atoms with Gasteiger partial charge in [0.2, 0.25) is 5.91 Å². The van der Waals surface area contributed by atoms with E-state index < -0.39 is 0 Å². The van der Waals surface area contributed by atoms with E-state index in [0.717, 1.165) is 11.4 Å². The molecule has 134 valence electrons. The van der Waals surface area contributed by atoms with Gasteiger partial charge < -0.3 is 10.2 Å². The van der Waals surface area contributed by atoms with E-state index in [1.165, 1.54) is 11.1 Å². The van der Waals surface area contributed by atoms with Gasteiger partial charge in [0, 0.05) is 30.9 Å². The highest BCUT2D eigenvalue weighted by Gasteiger charge is 2.18. The molecule has 0 aliphatic carbocycles. The number of nitrogens with one attached hydrogen (secondary N) is 1. The fourth-order valence-corrected chi connectivity index (χ4v) is 3.03. The third-order valence-corrected chi connectivity index (χ3v) is 4.32. The average molecular weight is 338 g/mol. The SMILES string of the molecule is CCN(C(=O)CCNc1ccccc1C(C)(C)C)c1cccc(C)c1. The van der Waals surface area contributed by atoms with Crippen molar-refractivity contribution in [1.29, 1.82) is 0 Å². The molecule has 25 heavy (non-hydrogen) atoms. The van der Waals surface area contributed by atoms with Crippen molar-refractivity contribution in [2.45, 2.75) is 46.5 Å². The summed E-state index contributed by atoms with van der Waals surface area (Å²) in [6.07, 6.45) is 0.472. The lowest BCUT2D eigenvalue weighted by molar-refractivity contribution is -0.118. The van der Waals surface area contributed by atoms with Crippen LogP contribution in [0.5, 0.6) is 0 Å². The molecule has 1 amide bonds. The van der Waals surface area contributed by atoms with E-state index in [1.807, 2.05) is 43.0 Å². The van der Waals surface area contributed by atoms with Gasteiger partial charge in [-0.15, -0.1) is 0 Å². The van der Waals surface area contributed by atoms with E-state index in [0.29, 0.717) is 19.5 Å². The van der Waals surface area contributed by atoms with E-state index in [1.54, 1.807) is 0 Å². The molecular weight excluding hydrogens is 308 g/mol. The van der Waals surface area contributed by atoms with E-state index in [4.69, 9.17) is 0 Å². The molecule has 2 aromatic rings. The van der Waals surface area contributed by atoms with Crippen molar-refractivity contribution in [3.63, 3.8) is 0 Å². The van der Waals surface area contributed by atoms with E-state index >= 15 is 0 Å². The monoisotopic (exact) mass is 338 g/mol. The molecule has 0 heterocycles. The number of aryl methyl sites for hydroxylation is 1. The first-order chi connectivity index (χ1) is 11.8. The first-order valence-corrected chi connectivity index (χ1v) is 9.03. The molecule has 0 aromatic heterocycles. The van der Waals surface area contributed by atoms with Crippen molar-refractivity contribution in [1.82, 2.24) is 0 Å². The highest BCUT2D eigenvalue weighted by atomic mass is 16.2. The maximum atomic E-state index is 12.6. The number of carbonyl (C=O) groups excluding carboxylic acids is 1. The Morgan fingerprint density at radius 3 is 2.44 bits per heavy atom. The summed E-state index contributed by atoms with van der Waals surface area (Å²) in [5.74, 6) is 0.147. The lowest BCUT2D eigenvalue weighted by atomic mass is 9.86. The zero-order valence-electron chi connectivity index (χ0n) is 16.1. The molecule has 0 saturated heterocycles. The van der Waals surface area contributed by atoms with Crippen molar-refractivity contribution in [2.24, 2.45) is 0 Å². The van der Waals surface area contributed by atoms with Gasteiger partial charge in [-0.05, 0) is 48.6 Å². The number of nitrogens with zero attached hydrogens (tertiary/aromatic N) is 1. The van der Waals surface area contributed by atoms with E-state index in [2.05, 4.69) is 50.4 Å². The lowest BCUT2D eigenvalue weighted by Crippen LogP contribution is -2.32. The van der Waals surface area contributed by atoms with Crippen LogP contribution in [0.4, 0.5) is 11.4 Å². The van der Waals surface area contributed by atoms with Gasteiger partial charge in [-0.3, -0.25) is 4.79 Å². The van der Waals surface area contributed by atoms with Gasteiger partial charge >= 0.3 is 0 Å². The van der Waals surface area contributed by atoms with Gasteiger partial charge in [0.25, 0.3) is 0 Å². The summed E-state index contributed by atoms with van der Waals surface area (Å²) >= 11 is 0. The summed E-state index contributed by atoms with van der Waals surface area (Å²) in [4.78, 5) is 14.5. The largest absolute Gasteiger partial charge is 0.384 e. The van der Waals surface area contributed by atoms with E-state index in [9.17, 15) is 4.79 Å². The number of hydrogen-bond donors (Lipinski definition) is 1. The van der Waals surface area contributed by atoms with Gasteiger partial charge in [0.1, 0.15) is 0 Å². The molecule has 2 rings (SSSR count). The molecule has 0 bridgehead atoms. The van der Waals surface area contributed by atoms with Gasteiger partial charge in [-0.2, -0.15) is 0 Å². The second kappa shape index (κ2) is 8.19. The number of carbonyl (C=O) groups is 1. The van der Waals surface area contributed by atoms with Crippen molar-refractivity contribution < 1.29 is 4.79 Å². The Hall–Kier alpha value is -2.29. The number of amides is 1. The van der Waals surface area contributed by atoms with Crippen LogP contribution < -0.4 is 10.2 Å². The number of rotatable bonds is 6. The minimum Gasteiger partial charge on any atom is -0.384 e. The molecule has 0 unspecified atom stereocenters. The van der Waals surface area contributed by atoms with Crippen molar-refractivity contribution in [2.75, 3.05) is 23.3 Å². The van der Waals surface area contributed by atoms with Crippen LogP contribution in [0.3, 0.4) is 0 Å². The average Bonchev–Trinajstić information content (AvgIpc) is 2.55. The molecule has 0 aliphatic rings. The summed E-state index contributed by atoms with van der Waals surface area (Å²) in [5.41, 5.74) is 4.60. The Morgan fingerprint density at radius 2 is 1.80 bits per heavy atom. The minimum atomic E-state index is 0.0740. The highest BCUT2D eigenvalue weighted by Crippen LogP contribution is 2.29. The van der Waals surface area contributed by atoms with Crippen LogP contribution in [0.2, 0.25) is 0 Å². The van der Waals surface area contributed by atoms with Crippen molar-refractivity contribution in [3.05, 3.63) is 59.7 Å². The van der Waals surface area contributed by atoms with Gasteiger partial charge in [0.05, 0.1) is 0 Å². The summed E-state index contributed by atoms with van der Waals surface area (Å²) in [6, 6.07) is 16.4. The zero-order valence-corrected chi connectivity index (χ0v) is 16.1. The molecular formula is C22H30N2O. The molecule has 0 atom stereocenters. The fourth-order valence-electron chi connectivity index (χ4n) is 3.03. The molecule has 0 spiro atoms.